The molecule has 0 amide bonds. The van der Waals surface area contributed by atoms with Crippen LogP contribution in [0.3, 0.4) is 0 Å². The van der Waals surface area contributed by atoms with E-state index in [0.717, 1.165) is 51.7 Å². The largest absolute Gasteiger partial charge is 0.260 e. The average Bonchev–Trinajstić information content (AvgIpc) is 2.94. The maximum absolute atomic E-state index is 4.88. The Hall–Kier alpha value is -3.59. The third kappa shape index (κ3) is 4.36. The number of aryl methyl sites for hydroxylation is 1. The predicted octanol–water partition coefficient (Wildman–Crippen LogP) is 4.58. The third-order valence-corrected chi connectivity index (χ3v) is 5.23. The molecule has 30 heavy (non-hydrogen) atoms. The van der Waals surface area contributed by atoms with Gasteiger partial charge in [0.15, 0.2) is 0 Å². The van der Waals surface area contributed by atoms with Crippen molar-refractivity contribution in [2.45, 2.75) is 26.7 Å². The van der Waals surface area contributed by atoms with Gasteiger partial charge in [0, 0.05) is 12.6 Å². The standard InChI is InChI=1S/C27H25N3/c1-4-5-6-7-25-20(3)8-11-22(29-25)13-14-23-12-9-21-10-15-24-19(2)16-17-28-27(24)18-26(21)30-23/h4-5,7-17H,3,6,18H2,1-2H3/b5-4-,14-13+,25-7+. The van der Waals surface area contributed by atoms with E-state index in [1.165, 1.54) is 11.1 Å². The van der Waals surface area contributed by atoms with Gasteiger partial charge in [-0.2, -0.15) is 0 Å². The second-order valence-electron chi connectivity index (χ2n) is 7.39. The second kappa shape index (κ2) is 8.83. The molecule has 0 bridgehead atoms. The van der Waals surface area contributed by atoms with Crippen LogP contribution in [0.1, 0.15) is 52.8 Å². The highest BCUT2D eigenvalue weighted by atomic mass is 14.7. The van der Waals surface area contributed by atoms with E-state index in [0.29, 0.717) is 0 Å². The minimum absolute atomic E-state index is 0.736. The van der Waals surface area contributed by atoms with Crippen molar-refractivity contribution in [1.82, 2.24) is 15.0 Å². The molecule has 1 aliphatic carbocycles. The summed E-state index contributed by atoms with van der Waals surface area (Å²) in [6.45, 7) is 8.21. The van der Waals surface area contributed by atoms with Crippen molar-refractivity contribution in [3.8, 4) is 0 Å². The van der Waals surface area contributed by atoms with E-state index in [1.54, 1.807) is 0 Å². The quantitative estimate of drug-likeness (QED) is 0.478. The Morgan fingerprint density at radius 2 is 1.77 bits per heavy atom. The summed E-state index contributed by atoms with van der Waals surface area (Å²) < 4.78 is 0. The van der Waals surface area contributed by atoms with Gasteiger partial charge < -0.3 is 0 Å². The third-order valence-electron chi connectivity index (χ3n) is 5.23. The summed E-state index contributed by atoms with van der Waals surface area (Å²) in [6, 6.07) is 10.2. The van der Waals surface area contributed by atoms with Gasteiger partial charge in [-0.05, 0) is 72.5 Å². The van der Waals surface area contributed by atoms with Gasteiger partial charge in [-0.25, -0.2) is 4.98 Å². The molecule has 0 aliphatic heterocycles. The number of nitrogens with zero attached hydrogens (tertiary/aromatic N) is 3. The Balaban J connectivity index is 1.62. The van der Waals surface area contributed by atoms with Crippen LogP contribution in [0.5, 0.6) is 0 Å². The van der Waals surface area contributed by atoms with Crippen molar-refractivity contribution < 1.29 is 0 Å². The lowest BCUT2D eigenvalue weighted by molar-refractivity contribution is 0.997. The predicted molar refractivity (Wildman–Crippen MR) is 127 cm³/mol. The van der Waals surface area contributed by atoms with Crippen molar-refractivity contribution in [2.75, 3.05) is 0 Å². The molecule has 0 spiro atoms. The normalized spacial score (nSPS) is 13.6. The number of rotatable bonds is 4. The molecule has 0 atom stereocenters. The fourth-order valence-corrected chi connectivity index (χ4v) is 3.52. The highest BCUT2D eigenvalue weighted by Crippen LogP contribution is 2.24. The SMILES string of the molecule is C=c1ccc(/C=C/c2ccc3c(n2)Cc2nccc(C)c2C=C3)n/c1=C/C/C=C\C. The molecule has 0 N–H and O–H groups in total. The number of hydrogen-bond donors (Lipinski definition) is 0. The molecule has 0 saturated carbocycles. The fourth-order valence-electron chi connectivity index (χ4n) is 3.52. The van der Waals surface area contributed by atoms with E-state index in [-0.39, 0.29) is 0 Å². The summed E-state index contributed by atoms with van der Waals surface area (Å²) in [4.78, 5) is 14.2. The molecule has 3 aromatic heterocycles. The summed E-state index contributed by atoms with van der Waals surface area (Å²) in [5, 5.41) is 1.86. The van der Waals surface area contributed by atoms with Crippen molar-refractivity contribution in [3.63, 3.8) is 0 Å². The summed E-state index contributed by atoms with van der Waals surface area (Å²) in [5.74, 6) is 0. The maximum Gasteiger partial charge on any atom is 0.0666 e. The molecule has 4 rings (SSSR count). The highest BCUT2D eigenvalue weighted by molar-refractivity contribution is 5.76. The van der Waals surface area contributed by atoms with Crippen molar-refractivity contribution in [2.24, 2.45) is 0 Å². The molecule has 3 aromatic rings. The van der Waals surface area contributed by atoms with Gasteiger partial charge in [-0.3, -0.25) is 9.97 Å². The van der Waals surface area contributed by atoms with Gasteiger partial charge in [0.05, 0.1) is 28.1 Å². The van der Waals surface area contributed by atoms with Crippen LogP contribution in [0.15, 0.2) is 48.7 Å². The van der Waals surface area contributed by atoms with Crippen molar-refractivity contribution >= 4 is 37.0 Å². The summed E-state index contributed by atoms with van der Waals surface area (Å²) in [6.07, 6.45) is 18.0. The minimum atomic E-state index is 0.736. The zero-order valence-corrected chi connectivity index (χ0v) is 17.5. The number of pyridine rings is 3. The first kappa shape index (κ1) is 19.7. The van der Waals surface area contributed by atoms with Crippen LogP contribution in [0.4, 0.5) is 0 Å². The molecule has 3 heteroatoms. The van der Waals surface area contributed by atoms with Crippen LogP contribution >= 0.6 is 0 Å². The number of fused-ring (bicyclic) bond motifs is 2. The van der Waals surface area contributed by atoms with E-state index in [2.05, 4.69) is 54.9 Å². The van der Waals surface area contributed by atoms with Crippen LogP contribution in [0.25, 0.3) is 37.0 Å². The number of aromatic nitrogens is 3. The molecular weight excluding hydrogens is 366 g/mol. The van der Waals surface area contributed by atoms with Crippen LogP contribution in [-0.4, -0.2) is 15.0 Å². The molecule has 3 nitrogen and oxygen atoms in total. The first-order chi connectivity index (χ1) is 14.6. The van der Waals surface area contributed by atoms with Gasteiger partial charge in [0.25, 0.3) is 0 Å². The topological polar surface area (TPSA) is 38.7 Å². The second-order valence-corrected chi connectivity index (χ2v) is 7.39. The van der Waals surface area contributed by atoms with Gasteiger partial charge >= 0.3 is 0 Å². The maximum atomic E-state index is 4.88. The van der Waals surface area contributed by atoms with Gasteiger partial charge in [0.2, 0.25) is 0 Å². The monoisotopic (exact) mass is 391 g/mol. The average molecular weight is 392 g/mol. The van der Waals surface area contributed by atoms with Gasteiger partial charge in [-0.15, -0.1) is 0 Å². The lowest BCUT2D eigenvalue weighted by Crippen LogP contribution is -2.26. The van der Waals surface area contributed by atoms with E-state index in [1.807, 2.05) is 49.5 Å². The minimum Gasteiger partial charge on any atom is -0.260 e. The van der Waals surface area contributed by atoms with Gasteiger partial charge in [0.1, 0.15) is 0 Å². The van der Waals surface area contributed by atoms with Crippen LogP contribution in [-0.2, 0) is 6.42 Å². The molecule has 0 fully saturated rings. The van der Waals surface area contributed by atoms with Gasteiger partial charge in [-0.1, -0.05) is 49.1 Å². The summed E-state index contributed by atoms with van der Waals surface area (Å²) in [7, 11) is 0. The molecule has 0 unspecified atom stereocenters. The molecule has 1 aliphatic rings. The first-order valence-electron chi connectivity index (χ1n) is 10.2. The molecule has 0 aromatic carbocycles. The Kier molecular flexibility index (Phi) is 5.80. The van der Waals surface area contributed by atoms with E-state index in [4.69, 9.17) is 9.97 Å². The zero-order valence-electron chi connectivity index (χ0n) is 17.5. The summed E-state index contributed by atoms with van der Waals surface area (Å²) >= 11 is 0. The molecule has 148 valence electrons. The van der Waals surface area contributed by atoms with Crippen LogP contribution in [0.2, 0.25) is 0 Å². The van der Waals surface area contributed by atoms with Crippen LogP contribution in [0, 0.1) is 6.92 Å². The first-order valence-corrected chi connectivity index (χ1v) is 10.2. The molecule has 3 heterocycles. The Morgan fingerprint density at radius 1 is 0.967 bits per heavy atom. The molecule has 0 saturated heterocycles. The Bertz CT molecular complexity index is 1280. The van der Waals surface area contributed by atoms with Crippen molar-refractivity contribution in [3.05, 3.63) is 98.7 Å². The lowest BCUT2D eigenvalue weighted by atomic mass is 10.1. The number of hydrogen-bond acceptors (Lipinski definition) is 3. The lowest BCUT2D eigenvalue weighted by Gasteiger charge is -2.07. The van der Waals surface area contributed by atoms with E-state index in [9.17, 15) is 0 Å². The Labute approximate surface area is 177 Å². The smallest absolute Gasteiger partial charge is 0.0666 e. The number of allylic oxidation sites excluding steroid dienone is 2. The van der Waals surface area contributed by atoms with E-state index < -0.39 is 0 Å². The molecule has 0 radical (unpaired) electrons. The summed E-state index contributed by atoms with van der Waals surface area (Å²) in [5.41, 5.74) is 7.52. The molecular formula is C27H25N3. The Morgan fingerprint density at radius 3 is 2.60 bits per heavy atom. The van der Waals surface area contributed by atoms with Crippen LogP contribution < -0.4 is 10.6 Å². The van der Waals surface area contributed by atoms with E-state index >= 15 is 0 Å². The fraction of sp³-hybridized carbons (Fsp3) is 0.148. The zero-order chi connectivity index (χ0) is 20.9. The highest BCUT2D eigenvalue weighted by Gasteiger charge is 2.13. The van der Waals surface area contributed by atoms with Crippen molar-refractivity contribution in [1.29, 1.82) is 0 Å².